The minimum atomic E-state index is -0.322. The average molecular weight is 381 g/mol. The van der Waals surface area contributed by atoms with Crippen molar-refractivity contribution in [2.75, 3.05) is 6.61 Å². The van der Waals surface area contributed by atoms with Gasteiger partial charge in [-0.25, -0.2) is 9.78 Å². The summed E-state index contributed by atoms with van der Waals surface area (Å²) >= 11 is 5.88. The van der Waals surface area contributed by atoms with Gasteiger partial charge < -0.3 is 9.64 Å². The van der Waals surface area contributed by atoms with E-state index in [2.05, 4.69) is 20.1 Å². The Balaban J connectivity index is 1.62. The third kappa shape index (κ3) is 4.01. The molecule has 6 nitrogen and oxygen atoms in total. The topological polar surface area (TPSA) is 71.1 Å². The maximum Gasteiger partial charge on any atom is 0.333 e. The summed E-state index contributed by atoms with van der Waals surface area (Å²) in [5, 5.41) is 7.74. The molecule has 1 N–H and O–H groups in total. The number of ether oxygens (including phenoxy) is 1. The van der Waals surface area contributed by atoms with Crippen LogP contribution in [0.3, 0.4) is 0 Å². The minimum Gasteiger partial charge on any atom is -0.456 e. The van der Waals surface area contributed by atoms with E-state index in [0.29, 0.717) is 18.2 Å². The van der Waals surface area contributed by atoms with Crippen LogP contribution in [0.25, 0.3) is 11.1 Å². The van der Waals surface area contributed by atoms with Crippen molar-refractivity contribution in [2.24, 2.45) is 0 Å². The Bertz CT molecular complexity index is 967. The Kier molecular flexibility index (Phi) is 4.89. The number of carbonyl (C=O) groups is 1. The van der Waals surface area contributed by atoms with Gasteiger partial charge in [0, 0.05) is 24.4 Å². The fraction of sp³-hybridized carbons (Fsp3) is 0.150. The van der Waals surface area contributed by atoms with Crippen LogP contribution >= 0.6 is 11.6 Å². The monoisotopic (exact) mass is 380 g/mol. The number of nitrogens with zero attached hydrogens (tertiary/aromatic N) is 3. The minimum absolute atomic E-state index is 0.259. The Labute approximate surface area is 161 Å². The number of aromatic nitrogens is 3. The van der Waals surface area contributed by atoms with Gasteiger partial charge in [-0.2, -0.15) is 5.10 Å². The standard InChI is InChI=1S/C20H17ClN4O2/c21-19-7-6-14(9-22-19)11-25(16-8-20(26)27-13-16)12-18-17(10-23-24-18)15-4-2-1-3-5-15/h1-10H,11-13H2,(H,23,24). The third-order valence-corrected chi connectivity index (χ3v) is 4.59. The molecule has 1 aromatic carbocycles. The number of pyridine rings is 1. The highest BCUT2D eigenvalue weighted by Gasteiger charge is 2.21. The number of H-pyrrole nitrogens is 1. The number of esters is 1. The van der Waals surface area contributed by atoms with Crippen LogP contribution in [-0.2, 0) is 22.6 Å². The lowest BCUT2D eigenvalue weighted by Gasteiger charge is -2.25. The first kappa shape index (κ1) is 17.3. The van der Waals surface area contributed by atoms with Crippen LogP contribution in [-0.4, -0.2) is 32.7 Å². The van der Waals surface area contributed by atoms with Crippen molar-refractivity contribution >= 4 is 17.6 Å². The number of rotatable bonds is 6. The third-order valence-electron chi connectivity index (χ3n) is 4.37. The van der Waals surface area contributed by atoms with Gasteiger partial charge in [-0.3, -0.25) is 5.10 Å². The molecule has 0 radical (unpaired) electrons. The lowest BCUT2D eigenvalue weighted by molar-refractivity contribution is -0.135. The molecule has 27 heavy (non-hydrogen) atoms. The Morgan fingerprint density at radius 2 is 1.96 bits per heavy atom. The van der Waals surface area contributed by atoms with Gasteiger partial charge in [-0.05, 0) is 17.2 Å². The van der Waals surface area contributed by atoms with E-state index in [-0.39, 0.29) is 12.6 Å². The zero-order valence-electron chi connectivity index (χ0n) is 14.4. The van der Waals surface area contributed by atoms with E-state index in [1.165, 1.54) is 6.08 Å². The molecule has 136 valence electrons. The van der Waals surface area contributed by atoms with Crippen LogP contribution in [0.5, 0.6) is 0 Å². The molecule has 0 fully saturated rings. The smallest absolute Gasteiger partial charge is 0.333 e. The number of cyclic esters (lactones) is 1. The summed E-state index contributed by atoms with van der Waals surface area (Å²) in [6, 6.07) is 13.7. The molecule has 0 aliphatic carbocycles. The van der Waals surface area contributed by atoms with Crippen LogP contribution in [0.4, 0.5) is 0 Å². The van der Waals surface area contributed by atoms with E-state index in [9.17, 15) is 4.79 Å². The quantitative estimate of drug-likeness (QED) is 0.523. The number of aromatic amines is 1. The molecule has 0 atom stereocenters. The molecule has 2 aromatic heterocycles. The normalized spacial score (nSPS) is 13.4. The zero-order valence-corrected chi connectivity index (χ0v) is 15.2. The Morgan fingerprint density at radius 3 is 2.67 bits per heavy atom. The molecule has 1 aliphatic rings. The van der Waals surface area contributed by atoms with Crippen molar-refractivity contribution in [3.05, 3.63) is 83.0 Å². The molecule has 0 bridgehead atoms. The fourth-order valence-electron chi connectivity index (χ4n) is 3.02. The molecule has 0 saturated heterocycles. The Hall–Kier alpha value is -3.12. The molecule has 1 aliphatic heterocycles. The zero-order chi connectivity index (χ0) is 18.6. The molecule has 7 heteroatoms. The van der Waals surface area contributed by atoms with E-state index >= 15 is 0 Å². The van der Waals surface area contributed by atoms with Crippen molar-refractivity contribution < 1.29 is 9.53 Å². The van der Waals surface area contributed by atoms with Crippen molar-refractivity contribution in [3.63, 3.8) is 0 Å². The largest absolute Gasteiger partial charge is 0.456 e. The highest BCUT2D eigenvalue weighted by Crippen LogP contribution is 2.25. The van der Waals surface area contributed by atoms with Gasteiger partial charge in [0.15, 0.2) is 0 Å². The number of hydrogen-bond acceptors (Lipinski definition) is 5. The molecular formula is C20H17ClN4O2. The summed E-state index contributed by atoms with van der Waals surface area (Å²) in [5.41, 5.74) is 4.88. The molecule has 0 saturated carbocycles. The van der Waals surface area contributed by atoms with Gasteiger partial charge in [0.05, 0.1) is 24.1 Å². The summed E-state index contributed by atoms with van der Waals surface area (Å²) in [6.45, 7) is 1.38. The van der Waals surface area contributed by atoms with Crippen LogP contribution in [0, 0.1) is 0 Å². The van der Waals surface area contributed by atoms with Crippen molar-refractivity contribution in [1.29, 1.82) is 0 Å². The SMILES string of the molecule is O=C1C=C(N(Cc2ccc(Cl)nc2)Cc2[nH]ncc2-c2ccccc2)CO1. The lowest BCUT2D eigenvalue weighted by atomic mass is 10.1. The molecule has 0 spiro atoms. The number of halogens is 1. The van der Waals surface area contributed by atoms with E-state index in [4.69, 9.17) is 16.3 Å². The van der Waals surface area contributed by atoms with Crippen LogP contribution in [0.1, 0.15) is 11.3 Å². The van der Waals surface area contributed by atoms with E-state index in [1.807, 2.05) is 42.6 Å². The molecular weight excluding hydrogens is 364 g/mol. The highest BCUT2D eigenvalue weighted by molar-refractivity contribution is 6.29. The number of hydrogen-bond donors (Lipinski definition) is 1. The molecule has 0 unspecified atom stereocenters. The average Bonchev–Trinajstić information content (AvgIpc) is 3.32. The van der Waals surface area contributed by atoms with Crippen molar-refractivity contribution in [2.45, 2.75) is 13.1 Å². The molecule has 3 aromatic rings. The predicted octanol–water partition coefficient (Wildman–Crippen LogP) is 3.57. The number of carbonyl (C=O) groups excluding carboxylic acids is 1. The van der Waals surface area contributed by atoms with Crippen molar-refractivity contribution in [1.82, 2.24) is 20.1 Å². The highest BCUT2D eigenvalue weighted by atomic mass is 35.5. The maximum absolute atomic E-state index is 11.6. The molecule has 0 amide bonds. The summed E-state index contributed by atoms with van der Waals surface area (Å²) in [4.78, 5) is 17.8. The van der Waals surface area contributed by atoms with Gasteiger partial charge in [-0.1, -0.05) is 48.0 Å². The lowest BCUT2D eigenvalue weighted by Crippen LogP contribution is -2.23. The molecule has 4 rings (SSSR count). The van der Waals surface area contributed by atoms with Gasteiger partial charge in [0.1, 0.15) is 11.8 Å². The first-order valence-corrected chi connectivity index (χ1v) is 8.87. The van der Waals surface area contributed by atoms with E-state index < -0.39 is 0 Å². The second kappa shape index (κ2) is 7.63. The summed E-state index contributed by atoms with van der Waals surface area (Å²) in [7, 11) is 0. The van der Waals surface area contributed by atoms with Crippen LogP contribution in [0.15, 0.2) is 66.6 Å². The van der Waals surface area contributed by atoms with Gasteiger partial charge in [0.2, 0.25) is 0 Å². The first-order chi connectivity index (χ1) is 13.2. The number of nitrogens with one attached hydrogen (secondary N) is 1. The Morgan fingerprint density at radius 1 is 1.11 bits per heavy atom. The fourth-order valence-corrected chi connectivity index (χ4v) is 3.13. The summed E-state index contributed by atoms with van der Waals surface area (Å²) < 4.78 is 5.10. The van der Waals surface area contributed by atoms with Crippen LogP contribution in [0.2, 0.25) is 5.15 Å². The molecule has 3 heterocycles. The number of benzene rings is 1. The van der Waals surface area contributed by atoms with Gasteiger partial charge in [0.25, 0.3) is 0 Å². The summed E-state index contributed by atoms with van der Waals surface area (Å²) in [6.07, 6.45) is 5.08. The summed E-state index contributed by atoms with van der Waals surface area (Å²) in [5.74, 6) is -0.322. The second-order valence-electron chi connectivity index (χ2n) is 6.22. The van der Waals surface area contributed by atoms with E-state index in [0.717, 1.165) is 28.1 Å². The first-order valence-electron chi connectivity index (χ1n) is 8.49. The van der Waals surface area contributed by atoms with Crippen molar-refractivity contribution in [3.8, 4) is 11.1 Å². The second-order valence-corrected chi connectivity index (χ2v) is 6.60. The van der Waals surface area contributed by atoms with Gasteiger partial charge >= 0.3 is 5.97 Å². The van der Waals surface area contributed by atoms with Gasteiger partial charge in [-0.15, -0.1) is 0 Å². The predicted molar refractivity (Wildman–Crippen MR) is 102 cm³/mol. The van der Waals surface area contributed by atoms with E-state index in [1.54, 1.807) is 12.3 Å². The maximum atomic E-state index is 11.6. The van der Waals surface area contributed by atoms with Crippen LogP contribution < -0.4 is 0 Å².